The molecule has 0 bridgehead atoms. The van der Waals surface area contributed by atoms with E-state index in [0.29, 0.717) is 0 Å². The molecule has 0 unspecified atom stereocenters. The third-order valence-electron chi connectivity index (χ3n) is 4.17. The van der Waals surface area contributed by atoms with Crippen molar-refractivity contribution in [3.05, 3.63) is 23.8 Å². The summed E-state index contributed by atoms with van der Waals surface area (Å²) in [6.45, 7) is 7.00. The molecular formula is C15H21N3O. The number of carbonyl (C=O) groups is 1. The van der Waals surface area contributed by atoms with Crippen LogP contribution in [0.5, 0.6) is 0 Å². The first-order valence-electron chi connectivity index (χ1n) is 7.02. The fraction of sp³-hybridized carbons (Fsp3) is 0.533. The van der Waals surface area contributed by atoms with Crippen molar-refractivity contribution in [2.45, 2.75) is 32.2 Å². The smallest absolute Gasteiger partial charge is 0.254 e. The highest BCUT2D eigenvalue weighted by atomic mass is 16.2. The molecule has 1 saturated heterocycles. The Morgan fingerprint density at radius 2 is 1.95 bits per heavy atom. The molecule has 0 spiro atoms. The molecule has 0 atom stereocenters. The van der Waals surface area contributed by atoms with Crippen LogP contribution in [0, 0.1) is 0 Å². The van der Waals surface area contributed by atoms with Crippen LogP contribution < -0.4 is 10.6 Å². The molecule has 2 aliphatic rings. The zero-order chi connectivity index (χ0) is 13.5. The minimum Gasteiger partial charge on any atom is -0.382 e. The average molecular weight is 259 g/mol. The lowest BCUT2D eigenvalue weighted by atomic mass is 10.0. The highest BCUT2D eigenvalue weighted by Gasteiger charge is 2.35. The van der Waals surface area contributed by atoms with Crippen molar-refractivity contribution in [1.29, 1.82) is 0 Å². The zero-order valence-corrected chi connectivity index (χ0v) is 11.6. The Balaban J connectivity index is 1.88. The number of nitrogens with one attached hydrogen (secondary N) is 2. The molecule has 3 rings (SSSR count). The monoisotopic (exact) mass is 259 g/mol. The maximum absolute atomic E-state index is 12.6. The molecule has 1 aromatic carbocycles. The van der Waals surface area contributed by atoms with E-state index in [0.717, 1.165) is 49.4 Å². The van der Waals surface area contributed by atoms with Crippen LogP contribution in [0.2, 0.25) is 0 Å². The van der Waals surface area contributed by atoms with Crippen molar-refractivity contribution in [2.75, 3.05) is 30.3 Å². The summed E-state index contributed by atoms with van der Waals surface area (Å²) in [7, 11) is 0. The van der Waals surface area contributed by atoms with Gasteiger partial charge in [0.25, 0.3) is 5.91 Å². The Kier molecular flexibility index (Phi) is 2.88. The van der Waals surface area contributed by atoms with Crippen LogP contribution in [0.25, 0.3) is 0 Å². The molecule has 2 aliphatic heterocycles. The van der Waals surface area contributed by atoms with Gasteiger partial charge in [0.1, 0.15) is 0 Å². The second kappa shape index (κ2) is 4.44. The predicted octanol–water partition coefficient (Wildman–Crippen LogP) is 2.54. The topological polar surface area (TPSA) is 44.4 Å². The molecule has 1 amide bonds. The number of rotatable bonds is 1. The molecule has 0 radical (unpaired) electrons. The minimum atomic E-state index is -0.0152. The summed E-state index contributed by atoms with van der Waals surface area (Å²) < 4.78 is 0. The van der Waals surface area contributed by atoms with Gasteiger partial charge in [-0.3, -0.25) is 4.79 Å². The van der Waals surface area contributed by atoms with Crippen molar-refractivity contribution in [3.63, 3.8) is 0 Å². The van der Waals surface area contributed by atoms with E-state index in [1.807, 2.05) is 23.1 Å². The summed E-state index contributed by atoms with van der Waals surface area (Å²) in [6.07, 6.45) is 2.19. The molecule has 4 nitrogen and oxygen atoms in total. The average Bonchev–Trinajstić information content (AvgIpc) is 2.77. The van der Waals surface area contributed by atoms with Gasteiger partial charge in [0.15, 0.2) is 0 Å². The molecule has 19 heavy (non-hydrogen) atoms. The lowest BCUT2D eigenvalue weighted by Gasteiger charge is -2.32. The summed E-state index contributed by atoms with van der Waals surface area (Å²) in [5, 5.41) is 6.66. The summed E-state index contributed by atoms with van der Waals surface area (Å²) >= 11 is 0. The van der Waals surface area contributed by atoms with Crippen molar-refractivity contribution < 1.29 is 4.79 Å². The first-order chi connectivity index (χ1) is 9.08. The van der Waals surface area contributed by atoms with Gasteiger partial charge in [0, 0.05) is 30.7 Å². The molecule has 2 heterocycles. The van der Waals surface area contributed by atoms with E-state index in [1.54, 1.807) is 0 Å². The Labute approximate surface area is 114 Å². The maximum atomic E-state index is 12.6. The van der Waals surface area contributed by atoms with Gasteiger partial charge in [-0.25, -0.2) is 0 Å². The normalized spacial score (nSPS) is 20.4. The van der Waals surface area contributed by atoms with E-state index in [4.69, 9.17) is 0 Å². The summed E-state index contributed by atoms with van der Waals surface area (Å²) in [6, 6.07) is 5.89. The Hall–Kier alpha value is -1.71. The third-order valence-corrected chi connectivity index (χ3v) is 4.17. The van der Waals surface area contributed by atoms with E-state index < -0.39 is 0 Å². The van der Waals surface area contributed by atoms with Crippen LogP contribution in [0.3, 0.4) is 0 Å². The summed E-state index contributed by atoms with van der Waals surface area (Å²) in [5.41, 5.74) is 2.89. The number of carbonyl (C=O) groups excluding carboxylic acids is 1. The van der Waals surface area contributed by atoms with E-state index in [1.165, 1.54) is 0 Å². The van der Waals surface area contributed by atoms with Crippen molar-refractivity contribution in [3.8, 4) is 0 Å². The quantitative estimate of drug-likeness (QED) is 0.814. The SMILES string of the molecule is CC1(C)CCCN1C(=O)c1ccc2c(c1)NCCN2. The molecule has 1 aromatic rings. The van der Waals surface area contributed by atoms with Gasteiger partial charge in [-0.05, 0) is 44.9 Å². The van der Waals surface area contributed by atoms with E-state index in [-0.39, 0.29) is 11.4 Å². The second-order valence-corrected chi connectivity index (χ2v) is 5.99. The molecule has 0 aromatic heterocycles. The summed E-state index contributed by atoms with van der Waals surface area (Å²) in [5.74, 6) is 0.151. The van der Waals surface area contributed by atoms with Gasteiger partial charge in [-0.2, -0.15) is 0 Å². The number of hydrogen-bond donors (Lipinski definition) is 2. The fourth-order valence-corrected chi connectivity index (χ4v) is 3.01. The van der Waals surface area contributed by atoms with Crippen LogP contribution in [0.15, 0.2) is 18.2 Å². The number of benzene rings is 1. The van der Waals surface area contributed by atoms with Gasteiger partial charge in [-0.15, -0.1) is 0 Å². The van der Waals surface area contributed by atoms with Crippen molar-refractivity contribution in [2.24, 2.45) is 0 Å². The lowest BCUT2D eigenvalue weighted by Crippen LogP contribution is -2.42. The van der Waals surface area contributed by atoms with Gasteiger partial charge in [0.05, 0.1) is 11.4 Å². The highest BCUT2D eigenvalue weighted by Crippen LogP contribution is 2.31. The number of fused-ring (bicyclic) bond motifs is 1. The Morgan fingerprint density at radius 1 is 1.21 bits per heavy atom. The van der Waals surface area contributed by atoms with Crippen LogP contribution in [0.1, 0.15) is 37.0 Å². The zero-order valence-electron chi connectivity index (χ0n) is 11.6. The van der Waals surface area contributed by atoms with Crippen LogP contribution in [0.4, 0.5) is 11.4 Å². The molecule has 102 valence electrons. The molecular weight excluding hydrogens is 238 g/mol. The standard InChI is InChI=1S/C15H21N3O/c1-15(2)6-3-9-18(15)14(19)11-4-5-12-13(10-11)17-8-7-16-12/h4-5,10,16-17H,3,6-9H2,1-2H3. The molecule has 2 N–H and O–H groups in total. The number of likely N-dealkylation sites (tertiary alicyclic amines) is 1. The number of nitrogens with zero attached hydrogens (tertiary/aromatic N) is 1. The first-order valence-corrected chi connectivity index (χ1v) is 7.02. The minimum absolute atomic E-state index is 0.0152. The Bertz CT molecular complexity index is 510. The van der Waals surface area contributed by atoms with E-state index in [9.17, 15) is 4.79 Å². The van der Waals surface area contributed by atoms with Gasteiger partial charge in [0.2, 0.25) is 0 Å². The predicted molar refractivity (Wildman–Crippen MR) is 77.8 cm³/mol. The van der Waals surface area contributed by atoms with E-state index in [2.05, 4.69) is 24.5 Å². The van der Waals surface area contributed by atoms with Crippen LogP contribution in [-0.4, -0.2) is 36.0 Å². The Morgan fingerprint density at radius 3 is 2.63 bits per heavy atom. The largest absolute Gasteiger partial charge is 0.382 e. The highest BCUT2D eigenvalue weighted by molar-refractivity contribution is 5.97. The van der Waals surface area contributed by atoms with E-state index >= 15 is 0 Å². The number of amides is 1. The third kappa shape index (κ3) is 2.15. The molecule has 0 aliphatic carbocycles. The first kappa shape index (κ1) is 12.3. The van der Waals surface area contributed by atoms with Gasteiger partial charge < -0.3 is 15.5 Å². The van der Waals surface area contributed by atoms with Crippen LogP contribution >= 0.6 is 0 Å². The second-order valence-electron chi connectivity index (χ2n) is 5.99. The van der Waals surface area contributed by atoms with Gasteiger partial charge in [-0.1, -0.05) is 0 Å². The van der Waals surface area contributed by atoms with Gasteiger partial charge >= 0.3 is 0 Å². The molecule has 4 heteroatoms. The molecule has 1 fully saturated rings. The number of hydrogen-bond acceptors (Lipinski definition) is 3. The fourth-order valence-electron chi connectivity index (χ4n) is 3.01. The number of anilines is 2. The lowest BCUT2D eigenvalue weighted by molar-refractivity contribution is 0.0652. The van der Waals surface area contributed by atoms with Crippen LogP contribution in [-0.2, 0) is 0 Å². The maximum Gasteiger partial charge on any atom is 0.254 e. The molecule has 0 saturated carbocycles. The summed E-state index contributed by atoms with van der Waals surface area (Å²) in [4.78, 5) is 14.6. The van der Waals surface area contributed by atoms with Crippen molar-refractivity contribution >= 4 is 17.3 Å². The van der Waals surface area contributed by atoms with Crippen molar-refractivity contribution in [1.82, 2.24) is 4.90 Å².